The van der Waals surface area contributed by atoms with Crippen LogP contribution in [0.2, 0.25) is 0 Å². The SMILES string of the molecule is CC(C)(C)OC(=O)N1[C@@H]2C=C[C@H]1CC(C#N)(c1cncc(Br)c1)C2.[C-]#[N+]c1cncc(C2(C#N)C[C@H]3C=C[C@@H](C2)N3C(=O)OC(C)(C)C)c1. The summed E-state index contributed by atoms with van der Waals surface area (Å²) in [6, 6.07) is 7.96. The van der Waals surface area contributed by atoms with Gasteiger partial charge in [0.05, 0.1) is 53.7 Å². The monoisotopic (exact) mass is 725 g/mol. The van der Waals surface area contributed by atoms with Gasteiger partial charge in [0.25, 0.3) is 0 Å². The van der Waals surface area contributed by atoms with Gasteiger partial charge >= 0.3 is 12.2 Å². The Kier molecular flexibility index (Phi) is 9.65. The number of piperidine rings is 2. The van der Waals surface area contributed by atoms with Crippen LogP contribution in [0.4, 0.5) is 15.3 Å². The van der Waals surface area contributed by atoms with Crippen LogP contribution in [0.15, 0.2) is 65.7 Å². The number of fused-ring (bicyclic) bond motifs is 4. The van der Waals surface area contributed by atoms with Crippen LogP contribution >= 0.6 is 15.9 Å². The summed E-state index contributed by atoms with van der Waals surface area (Å²) in [4.78, 5) is 40.3. The summed E-state index contributed by atoms with van der Waals surface area (Å²) in [7, 11) is 0. The number of hydrogen-bond donors (Lipinski definition) is 0. The number of nitrogens with zero attached hydrogens (tertiary/aromatic N) is 7. The smallest absolute Gasteiger partial charge is 0.411 e. The molecule has 2 aromatic heterocycles. The summed E-state index contributed by atoms with van der Waals surface area (Å²) >= 11 is 3.42. The van der Waals surface area contributed by atoms with Gasteiger partial charge in [-0.15, -0.1) is 0 Å². The zero-order valence-electron chi connectivity index (χ0n) is 28.6. The number of amides is 2. The van der Waals surface area contributed by atoms with E-state index < -0.39 is 22.0 Å². The van der Waals surface area contributed by atoms with Crippen molar-refractivity contribution in [3.05, 3.63) is 88.2 Å². The highest BCUT2D eigenvalue weighted by Crippen LogP contribution is 2.46. The van der Waals surface area contributed by atoms with Crippen LogP contribution in [0.1, 0.15) is 78.4 Å². The summed E-state index contributed by atoms with van der Waals surface area (Å²) in [5, 5.41) is 19.8. The lowest BCUT2D eigenvalue weighted by molar-refractivity contribution is 0.00451. The second kappa shape index (κ2) is 13.3. The van der Waals surface area contributed by atoms with E-state index in [1.807, 2.05) is 71.9 Å². The van der Waals surface area contributed by atoms with Gasteiger partial charge in [-0.05, 0) is 106 Å². The Morgan fingerprint density at radius 2 is 1.16 bits per heavy atom. The zero-order valence-corrected chi connectivity index (χ0v) is 30.1. The molecular weight excluding hydrogens is 686 g/mol. The maximum absolute atomic E-state index is 12.5. The molecule has 0 aromatic carbocycles. The average Bonchev–Trinajstić information content (AvgIpc) is 3.48. The van der Waals surface area contributed by atoms with Crippen LogP contribution in [0.5, 0.6) is 0 Å². The lowest BCUT2D eigenvalue weighted by atomic mass is 9.71. The summed E-state index contributed by atoms with van der Waals surface area (Å²) < 4.78 is 11.9. The van der Waals surface area contributed by atoms with E-state index in [9.17, 15) is 20.1 Å². The van der Waals surface area contributed by atoms with Crippen molar-refractivity contribution < 1.29 is 19.1 Å². The Balaban J connectivity index is 0.000000191. The molecule has 4 aliphatic rings. The van der Waals surface area contributed by atoms with E-state index in [-0.39, 0.29) is 36.4 Å². The minimum Gasteiger partial charge on any atom is -0.444 e. The minimum atomic E-state index is -0.759. The van der Waals surface area contributed by atoms with Gasteiger partial charge in [0, 0.05) is 29.3 Å². The number of carbonyl (C=O) groups excluding carboxylic acids is 2. The van der Waals surface area contributed by atoms with Crippen molar-refractivity contribution in [1.82, 2.24) is 19.8 Å². The summed E-state index contributed by atoms with van der Waals surface area (Å²) in [6.07, 6.45) is 15.9. The second-order valence-electron chi connectivity index (χ2n) is 15.0. The highest BCUT2D eigenvalue weighted by atomic mass is 79.9. The molecule has 2 unspecified atom stereocenters. The Labute approximate surface area is 296 Å². The molecule has 0 aliphatic carbocycles. The van der Waals surface area contributed by atoms with Crippen LogP contribution in [0.25, 0.3) is 4.85 Å². The maximum atomic E-state index is 12.5. The van der Waals surface area contributed by atoms with Gasteiger partial charge < -0.3 is 9.47 Å². The third-order valence-electron chi connectivity index (χ3n) is 9.07. The van der Waals surface area contributed by atoms with Crippen LogP contribution in [-0.4, -0.2) is 67.3 Å². The van der Waals surface area contributed by atoms with E-state index in [1.54, 1.807) is 34.5 Å². The van der Waals surface area contributed by atoms with Crippen molar-refractivity contribution in [3.63, 3.8) is 0 Å². The average molecular weight is 727 g/mol. The Morgan fingerprint density at radius 3 is 1.51 bits per heavy atom. The Bertz CT molecular complexity index is 1770. The number of pyridine rings is 2. The van der Waals surface area contributed by atoms with Crippen molar-refractivity contribution in [2.75, 3.05) is 0 Å². The van der Waals surface area contributed by atoms with E-state index >= 15 is 0 Å². The van der Waals surface area contributed by atoms with Crippen LogP contribution in [-0.2, 0) is 20.3 Å². The summed E-state index contributed by atoms with van der Waals surface area (Å²) in [6.45, 7) is 18.2. The summed E-state index contributed by atoms with van der Waals surface area (Å²) in [5.74, 6) is 0. The van der Waals surface area contributed by atoms with Crippen molar-refractivity contribution >= 4 is 33.8 Å². The molecular formula is C37H40BrN7O4. The number of ether oxygens (including phenoxy) is 2. The molecule has 6 heterocycles. The molecule has 4 aliphatic heterocycles. The zero-order chi connectivity index (χ0) is 35.8. The third-order valence-corrected chi connectivity index (χ3v) is 9.50. The molecule has 4 bridgehead atoms. The molecule has 49 heavy (non-hydrogen) atoms. The number of hydrogen-bond acceptors (Lipinski definition) is 8. The largest absolute Gasteiger partial charge is 0.444 e. The Hall–Kier alpha value is -4.73. The number of aromatic nitrogens is 2. The molecule has 2 saturated heterocycles. The lowest BCUT2D eigenvalue weighted by Crippen LogP contribution is -2.53. The van der Waals surface area contributed by atoms with Crippen molar-refractivity contribution in [2.24, 2.45) is 0 Å². The highest BCUT2D eigenvalue weighted by molar-refractivity contribution is 9.10. The normalized spacial score (nSPS) is 28.0. The number of halogens is 1. The number of nitriles is 2. The molecule has 0 radical (unpaired) electrons. The predicted octanol–water partition coefficient (Wildman–Crippen LogP) is 7.68. The van der Waals surface area contributed by atoms with E-state index in [0.717, 1.165) is 15.6 Å². The fraction of sp³-hybridized carbons (Fsp3) is 0.486. The Morgan fingerprint density at radius 1 is 0.776 bits per heavy atom. The first-order chi connectivity index (χ1) is 23.0. The number of carbonyl (C=O) groups is 2. The molecule has 6 atom stereocenters. The molecule has 11 nitrogen and oxygen atoms in total. The molecule has 2 aromatic rings. The van der Waals surface area contributed by atoms with Gasteiger partial charge in [-0.1, -0.05) is 24.3 Å². The molecule has 12 heteroatoms. The minimum absolute atomic E-state index is 0.128. The van der Waals surface area contributed by atoms with Gasteiger partial charge in [-0.2, -0.15) is 10.5 Å². The van der Waals surface area contributed by atoms with Crippen LogP contribution in [0.3, 0.4) is 0 Å². The van der Waals surface area contributed by atoms with Gasteiger partial charge in [0.15, 0.2) is 0 Å². The topological polar surface area (TPSA) is 137 Å². The van der Waals surface area contributed by atoms with Crippen molar-refractivity contribution in [3.8, 4) is 12.1 Å². The van der Waals surface area contributed by atoms with Crippen molar-refractivity contribution in [2.45, 2.75) is 113 Å². The van der Waals surface area contributed by atoms with Gasteiger partial charge in [-0.25, -0.2) is 14.4 Å². The van der Waals surface area contributed by atoms with Crippen molar-refractivity contribution in [1.29, 1.82) is 10.5 Å². The number of rotatable bonds is 2. The highest BCUT2D eigenvalue weighted by Gasteiger charge is 2.51. The first-order valence-electron chi connectivity index (χ1n) is 16.2. The molecule has 2 amide bonds. The van der Waals surface area contributed by atoms with Crippen LogP contribution < -0.4 is 0 Å². The van der Waals surface area contributed by atoms with E-state index in [1.165, 1.54) is 6.20 Å². The first kappa shape index (κ1) is 35.6. The first-order valence-corrected chi connectivity index (χ1v) is 17.0. The quantitative estimate of drug-likeness (QED) is 0.227. The van der Waals surface area contributed by atoms with E-state index in [4.69, 9.17) is 16.0 Å². The second-order valence-corrected chi connectivity index (χ2v) is 15.9. The molecule has 254 valence electrons. The van der Waals surface area contributed by atoms with E-state index in [2.05, 4.69) is 42.9 Å². The molecule has 0 saturated carbocycles. The molecule has 6 rings (SSSR count). The maximum Gasteiger partial charge on any atom is 0.411 e. The fourth-order valence-electron chi connectivity index (χ4n) is 7.01. The predicted molar refractivity (Wildman–Crippen MR) is 185 cm³/mol. The summed E-state index contributed by atoms with van der Waals surface area (Å²) in [5.41, 5.74) is -0.447. The standard InChI is InChI=1S/C19H20N4O2.C18H20BrN3O2/c1-18(2,3)25-17(24)23-15-5-6-16(23)9-19(8-15,12-20)13-7-14(21-4)11-22-10-13;1-17(2,3)24-16(23)22-14-4-5-15(22)8-18(7-14,11-20)12-6-13(19)10-21-9-12/h5-7,10-11,15-16H,8-9H2,1-3H3;4-6,9-10,14-15H,7-8H2,1-3H3/t15-,16+,19?;14-,15+,18?. The van der Waals surface area contributed by atoms with Gasteiger partial charge in [-0.3, -0.25) is 19.8 Å². The molecule has 0 N–H and O–H groups in total. The van der Waals surface area contributed by atoms with E-state index in [0.29, 0.717) is 31.4 Å². The fourth-order valence-corrected chi connectivity index (χ4v) is 7.38. The van der Waals surface area contributed by atoms with Crippen LogP contribution in [0, 0.1) is 29.2 Å². The lowest BCUT2D eigenvalue weighted by Gasteiger charge is -2.43. The molecule has 0 spiro atoms. The third kappa shape index (κ3) is 7.48. The van der Waals surface area contributed by atoms with Gasteiger partial charge in [0.2, 0.25) is 5.69 Å². The molecule has 2 fully saturated rings. The van der Waals surface area contributed by atoms with Gasteiger partial charge in [0.1, 0.15) is 11.2 Å².